The van der Waals surface area contributed by atoms with Crippen molar-refractivity contribution in [3.8, 4) is 0 Å². The van der Waals surface area contributed by atoms with Crippen molar-refractivity contribution < 1.29 is 0 Å². The van der Waals surface area contributed by atoms with Crippen molar-refractivity contribution in [1.29, 1.82) is 0 Å². The lowest BCUT2D eigenvalue weighted by Crippen LogP contribution is -2.21. The van der Waals surface area contributed by atoms with Crippen molar-refractivity contribution in [2.45, 2.75) is 38.5 Å². The summed E-state index contributed by atoms with van der Waals surface area (Å²) < 4.78 is 0. The summed E-state index contributed by atoms with van der Waals surface area (Å²) in [5, 5.41) is 3.41. The zero-order valence-corrected chi connectivity index (χ0v) is 10.0. The van der Waals surface area contributed by atoms with E-state index in [4.69, 9.17) is 0 Å². The number of nitrogens with one attached hydrogen (secondary N) is 1. The van der Waals surface area contributed by atoms with Gasteiger partial charge >= 0.3 is 0 Å². The molecular weight excluding hydrogens is 202 g/mol. The molecule has 0 aromatic rings. The van der Waals surface area contributed by atoms with Gasteiger partial charge in [-0.3, -0.25) is 0 Å². The van der Waals surface area contributed by atoms with Crippen LogP contribution in [0.15, 0.2) is 0 Å². The maximum atomic E-state index is 4.16. The molecule has 1 aliphatic carbocycles. The van der Waals surface area contributed by atoms with Gasteiger partial charge in [-0.05, 0) is 18.9 Å². The topological polar surface area (TPSA) is 12.0 Å². The molecule has 3 heteroatoms. The van der Waals surface area contributed by atoms with Crippen molar-refractivity contribution in [2.75, 3.05) is 18.8 Å². The van der Waals surface area contributed by atoms with E-state index >= 15 is 0 Å². The van der Waals surface area contributed by atoms with Crippen LogP contribution in [0, 0.1) is 5.92 Å². The number of hydrogen-bond acceptors (Lipinski definition) is 2. The second-order valence-corrected chi connectivity index (χ2v) is 4.21. The Balaban J connectivity index is 0.00000144. The zero-order chi connectivity index (χ0) is 8.65. The summed E-state index contributed by atoms with van der Waals surface area (Å²) >= 11 is 4.16. The lowest BCUT2D eigenvalue weighted by Gasteiger charge is -2.21. The minimum absolute atomic E-state index is 0. The Morgan fingerprint density at radius 3 is 2.38 bits per heavy atom. The van der Waals surface area contributed by atoms with Gasteiger partial charge in [0.25, 0.3) is 0 Å². The predicted molar refractivity (Wildman–Crippen MR) is 65.2 cm³/mol. The fraction of sp³-hybridized carbons (Fsp3) is 1.00. The molecule has 1 N–H and O–H groups in total. The fourth-order valence-electron chi connectivity index (χ4n) is 1.99. The molecule has 13 heavy (non-hydrogen) atoms. The third kappa shape index (κ3) is 6.64. The van der Waals surface area contributed by atoms with Gasteiger partial charge in [0.2, 0.25) is 0 Å². The van der Waals surface area contributed by atoms with Crippen LogP contribution in [0.25, 0.3) is 0 Å². The van der Waals surface area contributed by atoms with Gasteiger partial charge in [0.1, 0.15) is 0 Å². The van der Waals surface area contributed by atoms with Crippen LogP contribution < -0.4 is 5.32 Å². The minimum atomic E-state index is 0. The van der Waals surface area contributed by atoms with Gasteiger partial charge in [0.05, 0.1) is 0 Å². The van der Waals surface area contributed by atoms with Gasteiger partial charge < -0.3 is 5.32 Å². The van der Waals surface area contributed by atoms with Gasteiger partial charge in [-0.25, -0.2) is 0 Å². The molecule has 1 rings (SSSR count). The van der Waals surface area contributed by atoms with Gasteiger partial charge in [0, 0.05) is 12.3 Å². The SMILES string of the molecule is Cl.SCCNCCC1CCCCC1. The molecule has 0 radical (unpaired) electrons. The molecule has 0 unspecified atom stereocenters. The molecule has 0 bridgehead atoms. The first-order valence-corrected chi connectivity index (χ1v) is 5.88. The van der Waals surface area contributed by atoms with E-state index in [1.54, 1.807) is 0 Å². The predicted octanol–water partition coefficient (Wildman–Crippen LogP) is 2.90. The highest BCUT2D eigenvalue weighted by atomic mass is 35.5. The highest BCUT2D eigenvalue weighted by Gasteiger charge is 2.11. The van der Waals surface area contributed by atoms with Crippen molar-refractivity contribution in [1.82, 2.24) is 5.32 Å². The van der Waals surface area contributed by atoms with E-state index in [0.29, 0.717) is 0 Å². The summed E-state index contributed by atoms with van der Waals surface area (Å²) in [6, 6.07) is 0. The van der Waals surface area contributed by atoms with E-state index < -0.39 is 0 Å². The van der Waals surface area contributed by atoms with Gasteiger partial charge in [-0.1, -0.05) is 32.1 Å². The minimum Gasteiger partial charge on any atom is -0.316 e. The van der Waals surface area contributed by atoms with E-state index in [0.717, 1.165) is 18.2 Å². The smallest absolute Gasteiger partial charge is 0.00397 e. The summed E-state index contributed by atoms with van der Waals surface area (Å²) in [6.45, 7) is 2.26. The largest absolute Gasteiger partial charge is 0.316 e. The molecule has 0 spiro atoms. The normalized spacial score (nSPS) is 18.2. The Hall–Kier alpha value is 0.600. The Kier molecular flexibility index (Phi) is 9.59. The summed E-state index contributed by atoms with van der Waals surface area (Å²) in [7, 11) is 0. The molecule has 0 aromatic carbocycles. The van der Waals surface area contributed by atoms with Gasteiger partial charge in [-0.15, -0.1) is 12.4 Å². The zero-order valence-electron chi connectivity index (χ0n) is 8.30. The lowest BCUT2D eigenvalue weighted by molar-refractivity contribution is 0.335. The Bertz CT molecular complexity index is 105. The van der Waals surface area contributed by atoms with E-state index in [9.17, 15) is 0 Å². The van der Waals surface area contributed by atoms with Crippen LogP contribution in [-0.4, -0.2) is 18.8 Å². The van der Waals surface area contributed by atoms with E-state index in [-0.39, 0.29) is 12.4 Å². The Morgan fingerprint density at radius 2 is 1.77 bits per heavy atom. The summed E-state index contributed by atoms with van der Waals surface area (Å²) in [4.78, 5) is 0. The molecule has 0 saturated heterocycles. The van der Waals surface area contributed by atoms with E-state index in [1.807, 2.05) is 0 Å². The highest BCUT2D eigenvalue weighted by Crippen LogP contribution is 2.25. The molecule has 0 amide bonds. The molecule has 1 saturated carbocycles. The van der Waals surface area contributed by atoms with Crippen LogP contribution in [-0.2, 0) is 0 Å². The van der Waals surface area contributed by atoms with E-state index in [1.165, 1.54) is 45.1 Å². The number of halogens is 1. The van der Waals surface area contributed by atoms with Crippen molar-refractivity contribution in [3.05, 3.63) is 0 Å². The maximum absolute atomic E-state index is 4.16. The molecule has 0 atom stereocenters. The lowest BCUT2D eigenvalue weighted by atomic mass is 9.87. The first-order chi connectivity index (χ1) is 5.93. The number of thiol groups is 1. The maximum Gasteiger partial charge on any atom is 0.00397 e. The second kappa shape index (κ2) is 9.17. The molecule has 1 aliphatic rings. The van der Waals surface area contributed by atoms with Crippen LogP contribution in [0.1, 0.15) is 38.5 Å². The fourth-order valence-corrected chi connectivity index (χ4v) is 2.14. The van der Waals surface area contributed by atoms with Crippen LogP contribution in [0.2, 0.25) is 0 Å². The Morgan fingerprint density at radius 1 is 1.08 bits per heavy atom. The van der Waals surface area contributed by atoms with Crippen LogP contribution in [0.3, 0.4) is 0 Å². The van der Waals surface area contributed by atoms with Crippen LogP contribution >= 0.6 is 25.0 Å². The molecule has 0 aliphatic heterocycles. The van der Waals surface area contributed by atoms with Gasteiger partial charge in [-0.2, -0.15) is 12.6 Å². The number of rotatable bonds is 5. The van der Waals surface area contributed by atoms with Crippen LogP contribution in [0.4, 0.5) is 0 Å². The van der Waals surface area contributed by atoms with Crippen LogP contribution in [0.5, 0.6) is 0 Å². The monoisotopic (exact) mass is 223 g/mol. The molecule has 0 aromatic heterocycles. The number of hydrogen-bond donors (Lipinski definition) is 2. The third-order valence-corrected chi connectivity index (χ3v) is 2.97. The quantitative estimate of drug-likeness (QED) is 0.540. The van der Waals surface area contributed by atoms with Crippen molar-refractivity contribution in [3.63, 3.8) is 0 Å². The van der Waals surface area contributed by atoms with Crippen molar-refractivity contribution in [2.24, 2.45) is 5.92 Å². The molecular formula is C10H22ClNS. The summed E-state index contributed by atoms with van der Waals surface area (Å²) in [6.07, 6.45) is 8.74. The molecule has 1 nitrogen and oxygen atoms in total. The third-order valence-electron chi connectivity index (χ3n) is 2.74. The average molecular weight is 224 g/mol. The first kappa shape index (κ1) is 13.6. The second-order valence-electron chi connectivity index (χ2n) is 3.77. The molecule has 1 fully saturated rings. The van der Waals surface area contributed by atoms with E-state index in [2.05, 4.69) is 17.9 Å². The van der Waals surface area contributed by atoms with Gasteiger partial charge in [0.15, 0.2) is 0 Å². The standard InChI is InChI=1S/C10H21NS.ClH/c12-9-8-11-7-6-10-4-2-1-3-5-10;/h10-12H,1-9H2;1H. The highest BCUT2D eigenvalue weighted by molar-refractivity contribution is 7.80. The first-order valence-electron chi connectivity index (χ1n) is 5.25. The molecule has 0 heterocycles. The molecule has 80 valence electrons. The summed E-state index contributed by atoms with van der Waals surface area (Å²) in [5.41, 5.74) is 0. The summed E-state index contributed by atoms with van der Waals surface area (Å²) in [5.74, 6) is 1.98. The average Bonchev–Trinajstić information content (AvgIpc) is 2.14. The Labute approximate surface area is 93.9 Å². The van der Waals surface area contributed by atoms with Crippen molar-refractivity contribution >= 4 is 25.0 Å².